The van der Waals surface area contributed by atoms with Crippen molar-refractivity contribution in [3.05, 3.63) is 12.2 Å². The van der Waals surface area contributed by atoms with Crippen LogP contribution in [0.3, 0.4) is 0 Å². The average Bonchev–Trinajstić information content (AvgIpc) is 1.63. The summed E-state index contributed by atoms with van der Waals surface area (Å²) in [6.45, 7) is 4.90. The normalized spacial score (nSPS) is 8.56. The number of hydrogen-bond donors (Lipinski definition) is 1. The van der Waals surface area contributed by atoms with Crippen LogP contribution in [0, 0.1) is 0 Å². The molecule has 0 radical (unpaired) electrons. The standard InChI is InChI=1S/C6H9NO2/c1-4(2)5(8)3-6(7)9/h1,3H2,2H3,(H2,7,9). The van der Waals surface area contributed by atoms with Crippen LogP contribution in [-0.2, 0) is 9.59 Å². The Kier molecular flexibility index (Phi) is 2.64. The molecule has 3 nitrogen and oxygen atoms in total. The fourth-order valence-corrected chi connectivity index (χ4v) is 0.309. The molecule has 0 rings (SSSR count). The van der Waals surface area contributed by atoms with E-state index in [1.165, 1.54) is 0 Å². The van der Waals surface area contributed by atoms with Crippen molar-refractivity contribution in [2.24, 2.45) is 5.73 Å². The Morgan fingerprint density at radius 1 is 1.56 bits per heavy atom. The summed E-state index contributed by atoms with van der Waals surface area (Å²) < 4.78 is 0. The zero-order valence-electron chi connectivity index (χ0n) is 5.31. The van der Waals surface area contributed by atoms with Crippen LogP contribution in [0.2, 0.25) is 0 Å². The predicted molar refractivity (Wildman–Crippen MR) is 33.6 cm³/mol. The molecular formula is C6H9NO2. The average molecular weight is 127 g/mol. The van der Waals surface area contributed by atoms with E-state index < -0.39 is 5.91 Å². The van der Waals surface area contributed by atoms with Crippen LogP contribution in [0.1, 0.15) is 13.3 Å². The van der Waals surface area contributed by atoms with E-state index in [1.807, 2.05) is 0 Å². The Hall–Kier alpha value is -1.12. The molecule has 0 fully saturated rings. The third-order valence-corrected chi connectivity index (χ3v) is 0.811. The summed E-state index contributed by atoms with van der Waals surface area (Å²) in [5.74, 6) is -0.898. The maximum absolute atomic E-state index is 10.6. The van der Waals surface area contributed by atoms with Gasteiger partial charge in [0.05, 0.1) is 6.42 Å². The lowest BCUT2D eigenvalue weighted by atomic mass is 10.1. The first-order valence-electron chi connectivity index (χ1n) is 2.51. The molecule has 0 saturated carbocycles. The van der Waals surface area contributed by atoms with Gasteiger partial charge in [-0.3, -0.25) is 9.59 Å². The number of carbonyl (C=O) groups excluding carboxylic acids is 2. The van der Waals surface area contributed by atoms with Crippen LogP contribution in [0.5, 0.6) is 0 Å². The molecule has 50 valence electrons. The molecule has 9 heavy (non-hydrogen) atoms. The van der Waals surface area contributed by atoms with Gasteiger partial charge in [0.1, 0.15) is 0 Å². The molecule has 2 N–H and O–H groups in total. The van der Waals surface area contributed by atoms with E-state index >= 15 is 0 Å². The van der Waals surface area contributed by atoms with Gasteiger partial charge in [-0.05, 0) is 12.5 Å². The fourth-order valence-electron chi connectivity index (χ4n) is 0.309. The second kappa shape index (κ2) is 3.02. The molecule has 0 bridgehead atoms. The molecule has 0 aromatic carbocycles. The molecule has 0 aromatic rings. The molecule has 0 atom stereocenters. The predicted octanol–water partition coefficient (Wildman–Crippen LogP) is 0.00700. The summed E-state index contributed by atoms with van der Waals surface area (Å²) in [7, 11) is 0. The second-order valence-corrected chi connectivity index (χ2v) is 1.85. The van der Waals surface area contributed by atoms with Crippen LogP contribution in [0.25, 0.3) is 0 Å². The van der Waals surface area contributed by atoms with E-state index in [-0.39, 0.29) is 12.2 Å². The first-order chi connectivity index (χ1) is 4.04. The Bertz CT molecular complexity index is 160. The molecule has 0 aliphatic rings. The fraction of sp³-hybridized carbons (Fsp3) is 0.333. The molecule has 3 heteroatoms. The zero-order chi connectivity index (χ0) is 7.44. The van der Waals surface area contributed by atoms with Crippen molar-refractivity contribution in [2.75, 3.05) is 0 Å². The summed E-state index contributed by atoms with van der Waals surface area (Å²) in [5, 5.41) is 0. The minimum atomic E-state index is -0.608. The Morgan fingerprint density at radius 3 is 2.11 bits per heavy atom. The Labute approximate surface area is 53.5 Å². The largest absolute Gasteiger partial charge is 0.369 e. The third-order valence-electron chi connectivity index (χ3n) is 0.811. The van der Waals surface area contributed by atoms with Crippen LogP contribution in [0.4, 0.5) is 0 Å². The Balaban J connectivity index is 3.79. The minimum absolute atomic E-state index is 0.227. The van der Waals surface area contributed by atoms with E-state index in [9.17, 15) is 9.59 Å². The maximum atomic E-state index is 10.6. The Morgan fingerprint density at radius 2 is 2.00 bits per heavy atom. The molecule has 0 saturated heterocycles. The van der Waals surface area contributed by atoms with Crippen LogP contribution in [0.15, 0.2) is 12.2 Å². The van der Waals surface area contributed by atoms with Gasteiger partial charge in [-0.1, -0.05) is 6.58 Å². The highest BCUT2D eigenvalue weighted by atomic mass is 16.2. The van der Waals surface area contributed by atoms with E-state index in [0.717, 1.165) is 0 Å². The highest BCUT2D eigenvalue weighted by Gasteiger charge is 2.04. The summed E-state index contributed by atoms with van der Waals surface area (Å²) in [4.78, 5) is 20.6. The van der Waals surface area contributed by atoms with Gasteiger partial charge in [0.25, 0.3) is 0 Å². The van der Waals surface area contributed by atoms with Gasteiger partial charge in [0.2, 0.25) is 5.91 Å². The van der Waals surface area contributed by atoms with E-state index in [1.54, 1.807) is 6.92 Å². The number of rotatable bonds is 3. The zero-order valence-corrected chi connectivity index (χ0v) is 5.31. The van der Waals surface area contributed by atoms with Crippen molar-refractivity contribution >= 4 is 11.7 Å². The molecule has 0 heterocycles. The first kappa shape index (κ1) is 7.88. The van der Waals surface area contributed by atoms with Crippen LogP contribution < -0.4 is 5.73 Å². The van der Waals surface area contributed by atoms with E-state index in [0.29, 0.717) is 5.57 Å². The maximum Gasteiger partial charge on any atom is 0.225 e. The highest BCUT2D eigenvalue weighted by Crippen LogP contribution is 1.92. The number of primary amides is 1. The van der Waals surface area contributed by atoms with Crippen molar-refractivity contribution in [1.82, 2.24) is 0 Å². The smallest absolute Gasteiger partial charge is 0.225 e. The molecule has 1 amide bonds. The van der Waals surface area contributed by atoms with Crippen molar-refractivity contribution < 1.29 is 9.59 Å². The lowest BCUT2D eigenvalue weighted by Gasteiger charge is -1.91. The first-order valence-corrected chi connectivity index (χ1v) is 2.51. The third kappa shape index (κ3) is 3.46. The van der Waals surface area contributed by atoms with Crippen molar-refractivity contribution in [1.29, 1.82) is 0 Å². The van der Waals surface area contributed by atoms with Gasteiger partial charge in [-0.15, -0.1) is 0 Å². The molecule has 0 unspecified atom stereocenters. The van der Waals surface area contributed by atoms with Crippen LogP contribution >= 0.6 is 0 Å². The lowest BCUT2D eigenvalue weighted by molar-refractivity contribution is -0.124. The number of allylic oxidation sites excluding steroid dienone is 1. The molecule has 0 spiro atoms. The lowest BCUT2D eigenvalue weighted by Crippen LogP contribution is -2.16. The topological polar surface area (TPSA) is 60.2 Å². The number of ketones is 1. The molecular weight excluding hydrogens is 118 g/mol. The van der Waals surface area contributed by atoms with Crippen molar-refractivity contribution in [2.45, 2.75) is 13.3 Å². The molecule has 0 aliphatic carbocycles. The summed E-state index contributed by atoms with van der Waals surface area (Å²) in [5.41, 5.74) is 5.10. The minimum Gasteiger partial charge on any atom is -0.369 e. The van der Waals surface area contributed by atoms with E-state index in [4.69, 9.17) is 5.73 Å². The van der Waals surface area contributed by atoms with Gasteiger partial charge in [0.15, 0.2) is 5.78 Å². The number of Topliss-reactive ketones (excluding diaryl/α,β-unsaturated/α-hetero) is 1. The monoisotopic (exact) mass is 127 g/mol. The quantitative estimate of drug-likeness (QED) is 0.428. The van der Waals surface area contributed by atoms with Crippen LogP contribution in [-0.4, -0.2) is 11.7 Å². The number of amides is 1. The number of nitrogens with two attached hydrogens (primary N) is 1. The summed E-state index contributed by atoms with van der Waals surface area (Å²) >= 11 is 0. The second-order valence-electron chi connectivity index (χ2n) is 1.85. The highest BCUT2D eigenvalue weighted by molar-refractivity contribution is 6.05. The summed E-state index contributed by atoms with van der Waals surface area (Å²) in [6.07, 6.45) is -0.227. The van der Waals surface area contributed by atoms with E-state index in [2.05, 4.69) is 6.58 Å². The molecule has 0 aromatic heterocycles. The van der Waals surface area contributed by atoms with Gasteiger partial charge < -0.3 is 5.73 Å². The summed E-state index contributed by atoms with van der Waals surface area (Å²) in [6, 6.07) is 0. The van der Waals surface area contributed by atoms with Gasteiger partial charge in [-0.2, -0.15) is 0 Å². The molecule has 0 aliphatic heterocycles. The van der Waals surface area contributed by atoms with Crippen molar-refractivity contribution in [3.63, 3.8) is 0 Å². The van der Waals surface area contributed by atoms with Gasteiger partial charge >= 0.3 is 0 Å². The number of carbonyl (C=O) groups is 2. The van der Waals surface area contributed by atoms with Gasteiger partial charge in [0, 0.05) is 0 Å². The SMILES string of the molecule is C=C(C)C(=O)CC(N)=O. The number of hydrogen-bond acceptors (Lipinski definition) is 2. The van der Waals surface area contributed by atoms with Gasteiger partial charge in [-0.25, -0.2) is 0 Å². The van der Waals surface area contributed by atoms with Crippen molar-refractivity contribution in [3.8, 4) is 0 Å².